The summed E-state index contributed by atoms with van der Waals surface area (Å²) in [5.74, 6) is -0.417. The first-order valence-corrected chi connectivity index (χ1v) is 2.86. The lowest BCUT2D eigenvalue weighted by Crippen LogP contribution is -1.94. The van der Waals surface area contributed by atoms with Crippen LogP contribution in [-0.2, 0) is 6.54 Å². The van der Waals surface area contributed by atoms with Crippen LogP contribution in [0.25, 0.3) is 0 Å². The van der Waals surface area contributed by atoms with Gasteiger partial charge in [-0.2, -0.15) is 0 Å². The fraction of sp³-hybridized carbons (Fsp3) is 0.143. The molecule has 0 bridgehead atoms. The van der Waals surface area contributed by atoms with Crippen LogP contribution in [-0.4, -0.2) is 10.2 Å². The second kappa shape index (κ2) is 2.58. The van der Waals surface area contributed by atoms with E-state index in [0.29, 0.717) is 6.54 Å². The molecule has 0 aromatic heterocycles. The Balaban J connectivity index is 3.04. The van der Waals surface area contributed by atoms with Gasteiger partial charge in [-0.05, 0) is 17.7 Å². The molecule has 0 amide bonds. The molecule has 1 rings (SSSR count). The zero-order valence-electron chi connectivity index (χ0n) is 5.33. The number of rotatable bonds is 1. The summed E-state index contributed by atoms with van der Waals surface area (Å²) in [4.78, 5) is 0. The van der Waals surface area contributed by atoms with Gasteiger partial charge in [0.1, 0.15) is 0 Å². The number of nitrogens with two attached hydrogens (primary N) is 1. The van der Waals surface area contributed by atoms with E-state index >= 15 is 0 Å². The van der Waals surface area contributed by atoms with Crippen LogP contribution in [0.4, 0.5) is 0 Å². The molecular weight excluding hydrogens is 130 g/mol. The number of phenols is 2. The summed E-state index contributed by atoms with van der Waals surface area (Å²) in [7, 11) is 0. The van der Waals surface area contributed by atoms with Crippen molar-refractivity contribution in [3.05, 3.63) is 23.8 Å². The van der Waals surface area contributed by atoms with Gasteiger partial charge in [0, 0.05) is 12.6 Å². The van der Waals surface area contributed by atoms with Crippen LogP contribution < -0.4 is 5.73 Å². The van der Waals surface area contributed by atoms with Gasteiger partial charge in [-0.25, -0.2) is 0 Å². The Morgan fingerprint density at radius 2 is 2.20 bits per heavy atom. The SMILES string of the molecule is NCc1c[c]c(O)c(O)c1. The Labute approximate surface area is 58.7 Å². The molecule has 10 heavy (non-hydrogen) atoms. The molecule has 0 fully saturated rings. The Bertz CT molecular complexity index is 235. The minimum Gasteiger partial charge on any atom is -0.504 e. The quantitative estimate of drug-likeness (QED) is 0.491. The topological polar surface area (TPSA) is 66.5 Å². The van der Waals surface area contributed by atoms with Gasteiger partial charge in [-0.1, -0.05) is 0 Å². The first-order chi connectivity index (χ1) is 4.74. The van der Waals surface area contributed by atoms with E-state index in [4.69, 9.17) is 15.9 Å². The summed E-state index contributed by atoms with van der Waals surface area (Å²) in [5, 5.41) is 17.7. The molecule has 3 heteroatoms. The third-order valence-electron chi connectivity index (χ3n) is 1.19. The molecule has 0 aliphatic rings. The lowest BCUT2D eigenvalue weighted by atomic mass is 10.2. The van der Waals surface area contributed by atoms with E-state index in [2.05, 4.69) is 6.07 Å². The first-order valence-electron chi connectivity index (χ1n) is 2.86. The van der Waals surface area contributed by atoms with Crippen LogP contribution in [0.15, 0.2) is 12.1 Å². The van der Waals surface area contributed by atoms with Crippen molar-refractivity contribution < 1.29 is 10.2 Å². The molecule has 0 spiro atoms. The Hall–Kier alpha value is -1.22. The first kappa shape index (κ1) is 6.89. The summed E-state index contributed by atoms with van der Waals surface area (Å²) in [6.07, 6.45) is 0. The van der Waals surface area contributed by atoms with Gasteiger partial charge in [-0.15, -0.1) is 0 Å². The Kier molecular flexibility index (Phi) is 1.78. The molecule has 0 atom stereocenters. The van der Waals surface area contributed by atoms with Gasteiger partial charge in [0.25, 0.3) is 0 Å². The number of phenolic OH excluding ortho intramolecular Hbond substituents is 2. The van der Waals surface area contributed by atoms with E-state index < -0.39 is 0 Å². The van der Waals surface area contributed by atoms with Crippen LogP contribution in [0.5, 0.6) is 11.5 Å². The van der Waals surface area contributed by atoms with Gasteiger partial charge in [0.05, 0.1) is 0 Å². The highest BCUT2D eigenvalue weighted by Gasteiger charge is 1.97. The van der Waals surface area contributed by atoms with Gasteiger partial charge >= 0.3 is 0 Å². The number of hydrogen-bond donors (Lipinski definition) is 3. The Morgan fingerprint density at radius 1 is 1.50 bits per heavy atom. The molecule has 4 N–H and O–H groups in total. The molecule has 1 aromatic rings. The zero-order chi connectivity index (χ0) is 7.56. The van der Waals surface area contributed by atoms with E-state index in [9.17, 15) is 0 Å². The van der Waals surface area contributed by atoms with Crippen molar-refractivity contribution in [1.82, 2.24) is 0 Å². The molecule has 53 valence electrons. The van der Waals surface area contributed by atoms with Crippen molar-refractivity contribution in [2.24, 2.45) is 5.73 Å². The smallest absolute Gasteiger partial charge is 0.165 e. The normalized spacial score (nSPS) is 9.70. The van der Waals surface area contributed by atoms with Crippen LogP contribution in [0.3, 0.4) is 0 Å². The van der Waals surface area contributed by atoms with E-state index in [1.165, 1.54) is 12.1 Å². The predicted octanol–water partition coefficient (Wildman–Crippen LogP) is 0.357. The van der Waals surface area contributed by atoms with Crippen molar-refractivity contribution in [2.75, 3.05) is 0 Å². The molecule has 0 aliphatic heterocycles. The number of hydrogen-bond acceptors (Lipinski definition) is 3. The molecule has 0 saturated carbocycles. The van der Waals surface area contributed by atoms with Gasteiger partial charge in [0.2, 0.25) is 0 Å². The lowest BCUT2D eigenvalue weighted by Gasteiger charge is -1.98. The highest BCUT2D eigenvalue weighted by Crippen LogP contribution is 2.23. The monoisotopic (exact) mass is 138 g/mol. The summed E-state index contributed by atoms with van der Waals surface area (Å²) in [6.45, 7) is 0.338. The largest absolute Gasteiger partial charge is 0.504 e. The fourth-order valence-corrected chi connectivity index (χ4v) is 0.638. The molecule has 3 nitrogen and oxygen atoms in total. The summed E-state index contributed by atoms with van der Waals surface area (Å²) in [6, 6.07) is 5.39. The second-order valence-electron chi connectivity index (χ2n) is 1.95. The maximum Gasteiger partial charge on any atom is 0.165 e. The molecular formula is C7H8NO2. The molecule has 0 aliphatic carbocycles. The molecule has 1 radical (unpaired) electrons. The summed E-state index contributed by atoms with van der Waals surface area (Å²) in [5.41, 5.74) is 6.00. The molecule has 0 heterocycles. The highest BCUT2D eigenvalue weighted by atomic mass is 16.3. The average molecular weight is 138 g/mol. The van der Waals surface area contributed by atoms with Crippen LogP contribution >= 0.6 is 0 Å². The molecule has 1 aromatic carbocycles. The van der Waals surface area contributed by atoms with Gasteiger partial charge < -0.3 is 15.9 Å². The minimum absolute atomic E-state index is 0.178. The van der Waals surface area contributed by atoms with E-state index in [1.807, 2.05) is 0 Å². The maximum absolute atomic E-state index is 8.89. The average Bonchev–Trinajstić information content (AvgIpc) is 1.95. The maximum atomic E-state index is 8.89. The van der Waals surface area contributed by atoms with Crippen molar-refractivity contribution in [3.63, 3.8) is 0 Å². The minimum atomic E-state index is -0.239. The van der Waals surface area contributed by atoms with E-state index in [1.54, 1.807) is 0 Å². The van der Waals surface area contributed by atoms with Crippen LogP contribution in [0.2, 0.25) is 0 Å². The van der Waals surface area contributed by atoms with E-state index in [-0.39, 0.29) is 11.5 Å². The standard InChI is InChI=1S/C7H8NO2/c8-4-5-1-2-6(9)7(10)3-5/h1,3,9-10H,4,8H2. The summed E-state index contributed by atoms with van der Waals surface area (Å²) >= 11 is 0. The predicted molar refractivity (Wildman–Crippen MR) is 36.5 cm³/mol. The van der Waals surface area contributed by atoms with E-state index in [0.717, 1.165) is 5.56 Å². The number of aromatic hydroxyl groups is 2. The van der Waals surface area contributed by atoms with Gasteiger partial charge in [0.15, 0.2) is 11.5 Å². The second-order valence-corrected chi connectivity index (χ2v) is 1.95. The highest BCUT2D eigenvalue weighted by molar-refractivity contribution is 5.39. The van der Waals surface area contributed by atoms with Crippen LogP contribution in [0, 0.1) is 6.07 Å². The van der Waals surface area contributed by atoms with Crippen molar-refractivity contribution in [1.29, 1.82) is 0 Å². The third-order valence-corrected chi connectivity index (χ3v) is 1.19. The number of benzene rings is 1. The van der Waals surface area contributed by atoms with Gasteiger partial charge in [-0.3, -0.25) is 0 Å². The van der Waals surface area contributed by atoms with Crippen LogP contribution in [0.1, 0.15) is 5.56 Å². The van der Waals surface area contributed by atoms with Crippen molar-refractivity contribution in [3.8, 4) is 11.5 Å². The summed E-state index contributed by atoms with van der Waals surface area (Å²) < 4.78 is 0. The molecule has 0 unspecified atom stereocenters. The van der Waals surface area contributed by atoms with Crippen molar-refractivity contribution in [2.45, 2.75) is 6.54 Å². The zero-order valence-corrected chi connectivity index (χ0v) is 5.33. The fourth-order valence-electron chi connectivity index (χ4n) is 0.638. The Morgan fingerprint density at radius 3 is 2.70 bits per heavy atom. The molecule has 0 saturated heterocycles. The third kappa shape index (κ3) is 1.19. The van der Waals surface area contributed by atoms with Crippen molar-refractivity contribution >= 4 is 0 Å². The lowest BCUT2D eigenvalue weighted by molar-refractivity contribution is 0.402.